The minimum Gasteiger partial charge on any atom is -0.348 e. The Hall–Kier alpha value is -1.39. The van der Waals surface area contributed by atoms with Gasteiger partial charge < -0.3 is 5.32 Å². The van der Waals surface area contributed by atoms with E-state index in [0.717, 1.165) is 0 Å². The predicted octanol–water partition coefficient (Wildman–Crippen LogP) is 1.34. The third-order valence-electron chi connectivity index (χ3n) is 3.88. The quantitative estimate of drug-likeness (QED) is 0.794. The Morgan fingerprint density at radius 3 is 2.67 bits per heavy atom. The number of hydrogen-bond acceptors (Lipinski definition) is 3. The van der Waals surface area contributed by atoms with E-state index in [4.69, 9.17) is 0 Å². The van der Waals surface area contributed by atoms with Crippen LogP contribution in [0.15, 0.2) is 5.10 Å². The monoisotopic (exact) mass is 251 g/mol. The van der Waals surface area contributed by atoms with Crippen LogP contribution in [0, 0.1) is 5.92 Å². The third-order valence-corrected chi connectivity index (χ3v) is 3.88. The number of hydrogen-bond donors (Lipinski definition) is 2. The average Bonchev–Trinajstić information content (AvgIpc) is 2.40. The lowest BCUT2D eigenvalue weighted by Gasteiger charge is -2.28. The number of nitrogens with one attached hydrogen (secondary N) is 2. The Balaban J connectivity index is 1.84. The number of carbonyl (C=O) groups excluding carboxylic acids is 2. The third kappa shape index (κ3) is 3.31. The van der Waals surface area contributed by atoms with E-state index in [2.05, 4.69) is 22.8 Å². The summed E-state index contributed by atoms with van der Waals surface area (Å²) in [5.74, 6) is 0.335. The lowest BCUT2D eigenvalue weighted by atomic mass is 9.84. The van der Waals surface area contributed by atoms with Crippen LogP contribution in [0.4, 0.5) is 0 Å². The smallest absolute Gasteiger partial charge is 0.267 e. The van der Waals surface area contributed by atoms with Gasteiger partial charge in [0.25, 0.3) is 5.91 Å². The molecule has 1 aliphatic heterocycles. The van der Waals surface area contributed by atoms with Crippen LogP contribution in [0.3, 0.4) is 0 Å². The highest BCUT2D eigenvalue weighted by molar-refractivity contribution is 6.39. The second-order valence-electron chi connectivity index (χ2n) is 5.25. The summed E-state index contributed by atoms with van der Waals surface area (Å²) in [5, 5.41) is 6.83. The molecule has 1 unspecified atom stereocenters. The van der Waals surface area contributed by atoms with E-state index < -0.39 is 0 Å². The second-order valence-corrected chi connectivity index (χ2v) is 5.25. The van der Waals surface area contributed by atoms with E-state index in [1.807, 2.05) is 0 Å². The van der Waals surface area contributed by atoms with Gasteiger partial charge in [0.2, 0.25) is 5.91 Å². The van der Waals surface area contributed by atoms with Crippen LogP contribution in [0.25, 0.3) is 0 Å². The normalized spacial score (nSPS) is 22.9. The van der Waals surface area contributed by atoms with Gasteiger partial charge in [-0.3, -0.25) is 9.59 Å². The van der Waals surface area contributed by atoms with E-state index in [-0.39, 0.29) is 17.9 Å². The molecule has 0 bridgehead atoms. The molecule has 0 saturated heterocycles. The van der Waals surface area contributed by atoms with Crippen LogP contribution in [-0.2, 0) is 9.59 Å². The number of hydrazone groups is 1. The van der Waals surface area contributed by atoms with E-state index in [9.17, 15) is 9.59 Å². The van der Waals surface area contributed by atoms with Crippen molar-refractivity contribution in [2.24, 2.45) is 11.0 Å². The first-order valence-corrected chi connectivity index (χ1v) is 6.83. The van der Waals surface area contributed by atoms with Crippen molar-refractivity contribution in [1.82, 2.24) is 10.7 Å². The summed E-state index contributed by atoms with van der Waals surface area (Å²) in [5.41, 5.74) is 2.80. The van der Waals surface area contributed by atoms with Gasteiger partial charge in [-0.15, -0.1) is 0 Å². The first-order chi connectivity index (χ1) is 8.66. The van der Waals surface area contributed by atoms with Crippen LogP contribution in [0.2, 0.25) is 0 Å². The molecule has 1 atom stereocenters. The maximum absolute atomic E-state index is 12.0. The van der Waals surface area contributed by atoms with Crippen LogP contribution >= 0.6 is 0 Å². The molecule has 0 aromatic rings. The van der Waals surface area contributed by atoms with Gasteiger partial charge in [-0.25, -0.2) is 5.43 Å². The number of nitrogens with zero attached hydrogens (tertiary/aromatic N) is 1. The summed E-state index contributed by atoms with van der Waals surface area (Å²) in [6.45, 7) is 2.07. The van der Waals surface area contributed by atoms with Crippen molar-refractivity contribution in [3.8, 4) is 0 Å². The van der Waals surface area contributed by atoms with Gasteiger partial charge in [0, 0.05) is 18.9 Å². The van der Waals surface area contributed by atoms with Crippen molar-refractivity contribution in [2.45, 2.75) is 57.9 Å². The molecule has 0 radical (unpaired) electrons. The topological polar surface area (TPSA) is 70.6 Å². The Morgan fingerprint density at radius 2 is 2.06 bits per heavy atom. The number of rotatable bonds is 3. The van der Waals surface area contributed by atoms with Crippen molar-refractivity contribution in [3.63, 3.8) is 0 Å². The van der Waals surface area contributed by atoms with Crippen LogP contribution in [0.5, 0.6) is 0 Å². The van der Waals surface area contributed by atoms with Gasteiger partial charge in [0.1, 0.15) is 5.71 Å². The van der Waals surface area contributed by atoms with Crippen molar-refractivity contribution in [3.05, 3.63) is 0 Å². The Kier molecular flexibility index (Phi) is 4.33. The molecular formula is C13H21N3O2. The predicted molar refractivity (Wildman–Crippen MR) is 69.0 cm³/mol. The number of amides is 2. The van der Waals surface area contributed by atoms with E-state index in [0.29, 0.717) is 24.5 Å². The highest BCUT2D eigenvalue weighted by Gasteiger charge is 2.24. The molecule has 0 spiro atoms. The molecule has 1 heterocycles. The van der Waals surface area contributed by atoms with Gasteiger partial charge in [0.05, 0.1) is 0 Å². The van der Waals surface area contributed by atoms with Gasteiger partial charge in [-0.2, -0.15) is 5.10 Å². The molecule has 2 rings (SSSR count). The minimum atomic E-state index is -0.131. The molecular weight excluding hydrogens is 230 g/mol. The Morgan fingerprint density at radius 1 is 1.33 bits per heavy atom. The molecule has 2 N–H and O–H groups in total. The van der Waals surface area contributed by atoms with Gasteiger partial charge in [0.15, 0.2) is 0 Å². The molecule has 1 fully saturated rings. The molecule has 1 aliphatic carbocycles. The average molecular weight is 251 g/mol. The summed E-state index contributed by atoms with van der Waals surface area (Å²) in [7, 11) is 0. The summed E-state index contributed by atoms with van der Waals surface area (Å²) in [6, 6.07) is 0.193. The maximum atomic E-state index is 12.0. The Bertz CT molecular complexity index is 359. The molecule has 0 aromatic heterocycles. The van der Waals surface area contributed by atoms with E-state index in [1.54, 1.807) is 0 Å². The van der Waals surface area contributed by atoms with Crippen LogP contribution in [0.1, 0.15) is 51.9 Å². The molecule has 2 aliphatic rings. The van der Waals surface area contributed by atoms with Crippen molar-refractivity contribution in [2.75, 3.05) is 0 Å². The maximum Gasteiger partial charge on any atom is 0.267 e. The summed E-state index contributed by atoms with van der Waals surface area (Å²) < 4.78 is 0. The zero-order chi connectivity index (χ0) is 13.0. The summed E-state index contributed by atoms with van der Waals surface area (Å²) in [4.78, 5) is 22.9. The van der Waals surface area contributed by atoms with Crippen molar-refractivity contribution >= 4 is 17.5 Å². The first-order valence-electron chi connectivity index (χ1n) is 6.83. The molecule has 5 nitrogen and oxygen atoms in total. The van der Waals surface area contributed by atoms with E-state index in [1.165, 1.54) is 32.1 Å². The highest BCUT2D eigenvalue weighted by Crippen LogP contribution is 2.26. The van der Waals surface area contributed by atoms with Gasteiger partial charge in [-0.05, 0) is 25.7 Å². The molecule has 1 saturated carbocycles. The summed E-state index contributed by atoms with van der Waals surface area (Å²) >= 11 is 0. The lowest BCUT2D eigenvalue weighted by Crippen LogP contribution is -2.44. The Labute approximate surface area is 107 Å². The SMILES string of the molecule is CC(NC(=O)C1=NNC(=O)CC1)C1CCCCC1. The largest absolute Gasteiger partial charge is 0.348 e. The standard InChI is InChI=1S/C13H21N3O2/c1-9(10-5-3-2-4-6-10)14-13(18)11-7-8-12(17)16-15-11/h9-10H,2-8H2,1H3,(H,14,18)(H,16,17). The zero-order valence-electron chi connectivity index (χ0n) is 10.9. The number of carbonyl (C=O) groups is 2. The summed E-state index contributed by atoms with van der Waals surface area (Å²) in [6.07, 6.45) is 7.04. The molecule has 0 aromatic carbocycles. The fourth-order valence-corrected chi connectivity index (χ4v) is 2.68. The molecule has 100 valence electrons. The second kappa shape index (κ2) is 5.98. The van der Waals surface area contributed by atoms with Gasteiger partial charge in [-0.1, -0.05) is 19.3 Å². The fraction of sp³-hybridized carbons (Fsp3) is 0.769. The molecule has 2 amide bonds. The zero-order valence-corrected chi connectivity index (χ0v) is 10.9. The minimum absolute atomic E-state index is 0.119. The van der Waals surface area contributed by atoms with Crippen molar-refractivity contribution in [1.29, 1.82) is 0 Å². The van der Waals surface area contributed by atoms with Crippen LogP contribution in [-0.4, -0.2) is 23.6 Å². The molecule has 18 heavy (non-hydrogen) atoms. The lowest BCUT2D eigenvalue weighted by molar-refractivity contribution is -0.121. The van der Waals surface area contributed by atoms with Crippen molar-refractivity contribution < 1.29 is 9.59 Å². The molecule has 5 heteroatoms. The highest BCUT2D eigenvalue weighted by atomic mass is 16.2. The van der Waals surface area contributed by atoms with E-state index >= 15 is 0 Å². The fourth-order valence-electron chi connectivity index (χ4n) is 2.68. The first kappa shape index (κ1) is 13.1. The van der Waals surface area contributed by atoms with Crippen LogP contribution < -0.4 is 10.7 Å². The van der Waals surface area contributed by atoms with Gasteiger partial charge >= 0.3 is 0 Å².